The molecule has 9 heteroatoms. The van der Waals surface area contributed by atoms with Gasteiger partial charge in [0.15, 0.2) is 0 Å². The third-order valence-electron chi connectivity index (χ3n) is 6.65. The molecule has 4 rings (SSSR count). The molecule has 7 nitrogen and oxygen atoms in total. The highest BCUT2D eigenvalue weighted by atomic mass is 32.2. The number of likely N-dealkylation sites (tertiary alicyclic amines) is 1. The Hall–Kier alpha value is -3.59. The molecule has 0 bridgehead atoms. The summed E-state index contributed by atoms with van der Waals surface area (Å²) in [4.78, 5) is 14.4. The number of halogens is 1. The van der Waals surface area contributed by atoms with E-state index in [1.807, 2.05) is 20.8 Å². The summed E-state index contributed by atoms with van der Waals surface area (Å²) in [6, 6.07) is 19.5. The van der Waals surface area contributed by atoms with Gasteiger partial charge in [-0.15, -0.1) is 0 Å². The van der Waals surface area contributed by atoms with Gasteiger partial charge in [-0.2, -0.15) is 0 Å². The summed E-state index contributed by atoms with van der Waals surface area (Å²) < 4.78 is 54.3. The Morgan fingerprint density at radius 2 is 1.64 bits per heavy atom. The van der Waals surface area contributed by atoms with Crippen LogP contribution in [0.4, 0.5) is 14.9 Å². The first kappa shape index (κ1) is 28.4. The summed E-state index contributed by atoms with van der Waals surface area (Å²) in [6.45, 7) is 6.67. The lowest BCUT2D eigenvalue weighted by Gasteiger charge is -2.36. The molecule has 0 unspecified atom stereocenters. The Kier molecular flexibility index (Phi) is 8.49. The van der Waals surface area contributed by atoms with Gasteiger partial charge < -0.3 is 14.4 Å². The highest BCUT2D eigenvalue weighted by molar-refractivity contribution is 7.92. The van der Waals surface area contributed by atoms with E-state index >= 15 is 0 Å². The second-order valence-corrected chi connectivity index (χ2v) is 12.5. The van der Waals surface area contributed by atoms with Crippen molar-refractivity contribution in [2.75, 3.05) is 31.0 Å². The van der Waals surface area contributed by atoms with Crippen molar-refractivity contribution in [1.29, 1.82) is 0 Å². The van der Waals surface area contributed by atoms with E-state index in [-0.39, 0.29) is 29.3 Å². The molecule has 3 aromatic rings. The van der Waals surface area contributed by atoms with Crippen LogP contribution in [0.3, 0.4) is 0 Å². The van der Waals surface area contributed by atoms with E-state index in [2.05, 4.69) is 0 Å². The zero-order chi connectivity index (χ0) is 28.2. The van der Waals surface area contributed by atoms with E-state index in [0.29, 0.717) is 48.5 Å². The molecule has 0 N–H and O–H groups in total. The molecular weight excluding hydrogens is 519 g/mol. The summed E-state index contributed by atoms with van der Waals surface area (Å²) in [7, 11) is -2.41. The third-order valence-corrected chi connectivity index (χ3v) is 8.44. The van der Waals surface area contributed by atoms with Crippen LogP contribution in [0.25, 0.3) is 11.1 Å². The van der Waals surface area contributed by atoms with Gasteiger partial charge >= 0.3 is 6.09 Å². The Morgan fingerprint density at radius 1 is 1.00 bits per heavy atom. The van der Waals surface area contributed by atoms with E-state index in [9.17, 15) is 17.6 Å². The zero-order valence-electron chi connectivity index (χ0n) is 22.8. The first-order chi connectivity index (χ1) is 18.5. The minimum Gasteiger partial charge on any atom is -0.497 e. The van der Waals surface area contributed by atoms with Gasteiger partial charge in [0, 0.05) is 25.2 Å². The number of amides is 1. The summed E-state index contributed by atoms with van der Waals surface area (Å²) in [6.07, 6.45) is 0.896. The van der Waals surface area contributed by atoms with Crippen LogP contribution in [0.1, 0.15) is 33.6 Å². The van der Waals surface area contributed by atoms with Gasteiger partial charge in [0.25, 0.3) is 10.0 Å². The van der Waals surface area contributed by atoms with Gasteiger partial charge in [-0.05, 0) is 87.6 Å². The average molecular weight is 555 g/mol. The predicted octanol–water partition coefficient (Wildman–Crippen LogP) is 6.34. The average Bonchev–Trinajstić information content (AvgIpc) is 2.92. The van der Waals surface area contributed by atoms with Crippen molar-refractivity contribution < 1.29 is 27.1 Å². The second kappa shape index (κ2) is 11.7. The number of anilines is 1. The number of sulfonamides is 1. The van der Waals surface area contributed by atoms with E-state index in [1.54, 1.807) is 72.7 Å². The lowest BCUT2D eigenvalue weighted by Crippen LogP contribution is -2.44. The van der Waals surface area contributed by atoms with Crippen molar-refractivity contribution in [2.45, 2.75) is 44.1 Å². The molecular formula is C30H35FN2O5S. The van der Waals surface area contributed by atoms with Crippen LogP contribution in [0.2, 0.25) is 0 Å². The summed E-state index contributed by atoms with van der Waals surface area (Å²) in [5.41, 5.74) is 1.17. The SMILES string of the molecule is COc1ccc(N(CC2CCN(C(=O)OC(C)(C)C)CC2)S(=O)(=O)c2ccccc2)c(-c2ccc(F)cc2)c1. The Labute approximate surface area is 230 Å². The highest BCUT2D eigenvalue weighted by Gasteiger charge is 2.33. The van der Waals surface area contributed by atoms with Crippen molar-refractivity contribution in [1.82, 2.24) is 4.90 Å². The molecule has 1 amide bonds. The van der Waals surface area contributed by atoms with Gasteiger partial charge in [0.2, 0.25) is 0 Å². The molecule has 0 aliphatic carbocycles. The van der Waals surface area contributed by atoms with Crippen molar-refractivity contribution >= 4 is 21.8 Å². The van der Waals surface area contributed by atoms with Crippen molar-refractivity contribution in [3.63, 3.8) is 0 Å². The molecule has 39 heavy (non-hydrogen) atoms. The van der Waals surface area contributed by atoms with E-state index < -0.39 is 15.6 Å². The largest absolute Gasteiger partial charge is 0.497 e. The molecule has 0 aromatic heterocycles. The first-order valence-electron chi connectivity index (χ1n) is 13.0. The minimum atomic E-state index is -3.95. The molecule has 1 aliphatic rings. The molecule has 1 saturated heterocycles. The normalized spacial score (nSPS) is 14.6. The minimum absolute atomic E-state index is 0.00495. The van der Waals surface area contributed by atoms with Crippen LogP contribution in [0.5, 0.6) is 5.75 Å². The standard InChI is InChI=1S/C30H35FN2O5S/c1-30(2,3)38-29(34)32-18-16-22(17-19-32)21-33(39(35,36)26-8-6-5-7-9-26)28-15-14-25(37-4)20-27(28)23-10-12-24(31)13-11-23/h5-15,20,22H,16-19,21H2,1-4H3. The number of rotatable bonds is 7. The quantitative estimate of drug-likeness (QED) is 0.341. The Bertz CT molecular complexity index is 1380. The number of ether oxygens (including phenoxy) is 2. The van der Waals surface area contributed by atoms with Crippen LogP contribution in [0.15, 0.2) is 77.7 Å². The molecule has 0 radical (unpaired) electrons. The smallest absolute Gasteiger partial charge is 0.410 e. The Balaban J connectivity index is 1.69. The number of carbonyl (C=O) groups excluding carboxylic acids is 1. The van der Waals surface area contributed by atoms with E-state index in [1.165, 1.54) is 16.4 Å². The fourth-order valence-electron chi connectivity index (χ4n) is 4.63. The van der Waals surface area contributed by atoms with Gasteiger partial charge in [-0.3, -0.25) is 4.31 Å². The molecule has 3 aromatic carbocycles. The molecule has 1 fully saturated rings. The third kappa shape index (κ3) is 6.89. The number of carbonyl (C=O) groups is 1. The first-order valence-corrected chi connectivity index (χ1v) is 14.4. The van der Waals surface area contributed by atoms with E-state index in [4.69, 9.17) is 9.47 Å². The van der Waals surface area contributed by atoms with Crippen LogP contribution in [-0.4, -0.2) is 51.8 Å². The van der Waals surface area contributed by atoms with E-state index in [0.717, 1.165) is 0 Å². The number of hydrogen-bond acceptors (Lipinski definition) is 5. The maximum atomic E-state index is 14.1. The zero-order valence-corrected chi connectivity index (χ0v) is 23.6. The summed E-state index contributed by atoms with van der Waals surface area (Å²) in [5, 5.41) is 0. The molecule has 0 saturated carbocycles. The van der Waals surface area contributed by atoms with Gasteiger partial charge in [0.1, 0.15) is 17.2 Å². The van der Waals surface area contributed by atoms with Crippen molar-refractivity contribution in [3.05, 3.63) is 78.6 Å². The van der Waals surface area contributed by atoms with Crippen LogP contribution in [-0.2, 0) is 14.8 Å². The maximum Gasteiger partial charge on any atom is 0.410 e. The van der Waals surface area contributed by atoms with Gasteiger partial charge in [-0.25, -0.2) is 17.6 Å². The van der Waals surface area contributed by atoms with Crippen molar-refractivity contribution in [3.8, 4) is 16.9 Å². The molecule has 0 atom stereocenters. The van der Waals surface area contributed by atoms with Crippen LogP contribution >= 0.6 is 0 Å². The number of benzene rings is 3. The summed E-state index contributed by atoms with van der Waals surface area (Å²) >= 11 is 0. The highest BCUT2D eigenvalue weighted by Crippen LogP contribution is 2.38. The molecule has 1 aliphatic heterocycles. The predicted molar refractivity (Wildman–Crippen MR) is 150 cm³/mol. The molecule has 0 spiro atoms. The number of methoxy groups -OCH3 is 1. The topological polar surface area (TPSA) is 76.2 Å². The van der Waals surface area contributed by atoms with Gasteiger partial charge in [-0.1, -0.05) is 30.3 Å². The number of piperidine rings is 1. The lowest BCUT2D eigenvalue weighted by molar-refractivity contribution is 0.0187. The van der Waals surface area contributed by atoms with Crippen LogP contribution < -0.4 is 9.04 Å². The second-order valence-electron chi connectivity index (χ2n) is 10.6. The number of hydrogen-bond donors (Lipinski definition) is 0. The van der Waals surface area contributed by atoms with Gasteiger partial charge in [0.05, 0.1) is 17.7 Å². The van der Waals surface area contributed by atoms with Crippen LogP contribution in [0, 0.1) is 11.7 Å². The summed E-state index contributed by atoms with van der Waals surface area (Å²) in [5.74, 6) is 0.180. The molecule has 1 heterocycles. The maximum absolute atomic E-state index is 14.1. The lowest BCUT2D eigenvalue weighted by atomic mass is 9.96. The van der Waals surface area contributed by atoms with Crippen molar-refractivity contribution in [2.24, 2.45) is 5.92 Å². The molecule has 208 valence electrons. The Morgan fingerprint density at radius 3 is 2.23 bits per heavy atom. The monoisotopic (exact) mass is 554 g/mol. The number of nitrogens with zero attached hydrogens (tertiary/aromatic N) is 2. The fraction of sp³-hybridized carbons (Fsp3) is 0.367. The fourth-order valence-corrected chi connectivity index (χ4v) is 6.21.